The summed E-state index contributed by atoms with van der Waals surface area (Å²) in [5.74, 6) is 2.21. The van der Waals surface area contributed by atoms with Crippen LogP contribution >= 0.6 is 0 Å². The van der Waals surface area contributed by atoms with E-state index in [4.69, 9.17) is 4.98 Å². The van der Waals surface area contributed by atoms with Gasteiger partial charge in [-0.05, 0) is 51.1 Å². The summed E-state index contributed by atoms with van der Waals surface area (Å²) in [6.45, 7) is 15.5. The molecule has 0 spiro atoms. The molecule has 7 nitrogen and oxygen atoms in total. The lowest BCUT2D eigenvalue weighted by molar-refractivity contribution is 0.103. The van der Waals surface area contributed by atoms with E-state index in [0.717, 1.165) is 76.0 Å². The fraction of sp³-hybridized carbons (Fsp3) is 0.667. The molecule has 4 heterocycles. The summed E-state index contributed by atoms with van der Waals surface area (Å²) in [5, 5.41) is 0. The van der Waals surface area contributed by atoms with Crippen molar-refractivity contribution in [1.29, 1.82) is 0 Å². The summed E-state index contributed by atoms with van der Waals surface area (Å²) >= 11 is 0. The summed E-state index contributed by atoms with van der Waals surface area (Å²) in [6.07, 6.45) is 9.80. The van der Waals surface area contributed by atoms with Crippen molar-refractivity contribution in [3.05, 3.63) is 48.1 Å². The molecular formula is C24H37N7. The molecule has 2 atom stereocenters. The summed E-state index contributed by atoms with van der Waals surface area (Å²) in [6, 6.07) is 2.51. The van der Waals surface area contributed by atoms with Crippen molar-refractivity contribution >= 4 is 0 Å². The van der Waals surface area contributed by atoms with Gasteiger partial charge in [0.15, 0.2) is 0 Å². The lowest BCUT2D eigenvalue weighted by Gasteiger charge is -2.36. The highest BCUT2D eigenvalue weighted by Gasteiger charge is 2.28. The van der Waals surface area contributed by atoms with Crippen LogP contribution in [-0.2, 0) is 19.5 Å². The van der Waals surface area contributed by atoms with Gasteiger partial charge in [0.1, 0.15) is 5.82 Å². The highest BCUT2D eigenvalue weighted by Crippen LogP contribution is 2.27. The lowest BCUT2D eigenvalue weighted by atomic mass is 9.89. The first-order valence-corrected chi connectivity index (χ1v) is 11.8. The highest BCUT2D eigenvalue weighted by atomic mass is 15.3. The number of likely N-dealkylation sites (tertiary alicyclic amines) is 1. The monoisotopic (exact) mass is 423 g/mol. The van der Waals surface area contributed by atoms with E-state index in [-0.39, 0.29) is 0 Å². The van der Waals surface area contributed by atoms with E-state index < -0.39 is 0 Å². The normalized spacial score (nSPS) is 22.3. The molecule has 2 fully saturated rings. The van der Waals surface area contributed by atoms with E-state index in [9.17, 15) is 0 Å². The smallest absolute Gasteiger partial charge is 0.142 e. The molecular weight excluding hydrogens is 386 g/mol. The summed E-state index contributed by atoms with van der Waals surface area (Å²) in [4.78, 5) is 25.8. The minimum absolute atomic E-state index is 0.598. The number of piperazine rings is 1. The molecule has 0 radical (unpaired) electrons. The van der Waals surface area contributed by atoms with Crippen molar-refractivity contribution in [3.8, 4) is 0 Å². The van der Waals surface area contributed by atoms with Crippen LogP contribution in [0, 0.1) is 11.8 Å². The van der Waals surface area contributed by atoms with Crippen molar-refractivity contribution < 1.29 is 0 Å². The van der Waals surface area contributed by atoms with Gasteiger partial charge in [-0.3, -0.25) is 24.7 Å². The molecule has 0 bridgehead atoms. The molecule has 0 N–H and O–H groups in total. The average Bonchev–Trinajstić information content (AvgIpc) is 3.24. The molecule has 0 aliphatic carbocycles. The molecule has 4 rings (SSSR count). The lowest BCUT2D eigenvalue weighted by Crippen LogP contribution is -2.48. The summed E-state index contributed by atoms with van der Waals surface area (Å²) in [7, 11) is 0. The van der Waals surface area contributed by atoms with Crippen molar-refractivity contribution in [2.24, 2.45) is 11.8 Å². The van der Waals surface area contributed by atoms with Crippen LogP contribution in [0.15, 0.2) is 30.9 Å². The Morgan fingerprint density at radius 3 is 2.39 bits per heavy atom. The van der Waals surface area contributed by atoms with Gasteiger partial charge >= 0.3 is 0 Å². The maximum atomic E-state index is 4.97. The number of nitrogens with zero attached hydrogens (tertiary/aromatic N) is 7. The maximum absolute atomic E-state index is 4.97. The average molecular weight is 424 g/mol. The Bertz CT molecular complexity index is 805. The highest BCUT2D eigenvalue weighted by molar-refractivity contribution is 5.05. The van der Waals surface area contributed by atoms with E-state index in [0.29, 0.717) is 17.9 Å². The minimum Gasteiger partial charge on any atom is -0.298 e. The van der Waals surface area contributed by atoms with E-state index in [1.807, 2.05) is 30.9 Å². The Balaban J connectivity index is 1.26. The topological polar surface area (TPSA) is 61.3 Å². The zero-order valence-corrected chi connectivity index (χ0v) is 19.3. The maximum Gasteiger partial charge on any atom is 0.142 e. The molecule has 7 heteroatoms. The van der Waals surface area contributed by atoms with Gasteiger partial charge in [0, 0.05) is 70.1 Å². The first-order valence-electron chi connectivity index (χ1n) is 11.8. The third-order valence-electron chi connectivity index (χ3n) is 6.89. The molecule has 2 saturated heterocycles. The number of hydrogen-bond acceptors (Lipinski definition) is 7. The SMILES string of the molecule is CC(Cc1cncc(CN2CCN(C(C)C)CC2)n1)C1CCN(Cc2ncccn2)C1. The Labute approximate surface area is 186 Å². The van der Waals surface area contributed by atoms with E-state index in [1.54, 1.807) is 0 Å². The van der Waals surface area contributed by atoms with Crippen LogP contribution in [0.4, 0.5) is 0 Å². The van der Waals surface area contributed by atoms with Gasteiger partial charge in [0.05, 0.1) is 17.9 Å². The van der Waals surface area contributed by atoms with Crippen LogP contribution in [-0.4, -0.2) is 79.9 Å². The van der Waals surface area contributed by atoms with Crippen molar-refractivity contribution in [2.75, 3.05) is 39.3 Å². The first-order chi connectivity index (χ1) is 15.1. The van der Waals surface area contributed by atoms with Crippen LogP contribution in [0.3, 0.4) is 0 Å². The largest absolute Gasteiger partial charge is 0.298 e. The van der Waals surface area contributed by atoms with E-state index in [2.05, 4.69) is 50.4 Å². The van der Waals surface area contributed by atoms with Crippen LogP contribution in [0.25, 0.3) is 0 Å². The third-order valence-corrected chi connectivity index (χ3v) is 6.89. The second-order valence-electron chi connectivity index (χ2n) is 9.54. The van der Waals surface area contributed by atoms with Crippen LogP contribution in [0.5, 0.6) is 0 Å². The fourth-order valence-corrected chi connectivity index (χ4v) is 4.87. The van der Waals surface area contributed by atoms with Gasteiger partial charge < -0.3 is 0 Å². The number of aromatic nitrogens is 4. The van der Waals surface area contributed by atoms with Gasteiger partial charge in [-0.15, -0.1) is 0 Å². The number of rotatable bonds is 8. The van der Waals surface area contributed by atoms with Gasteiger partial charge in [0.2, 0.25) is 0 Å². The molecule has 2 aliphatic heterocycles. The zero-order valence-electron chi connectivity index (χ0n) is 19.3. The van der Waals surface area contributed by atoms with Gasteiger partial charge in [0.25, 0.3) is 0 Å². The van der Waals surface area contributed by atoms with Crippen LogP contribution in [0.2, 0.25) is 0 Å². The summed E-state index contributed by atoms with van der Waals surface area (Å²) in [5.41, 5.74) is 2.24. The minimum atomic E-state index is 0.598. The van der Waals surface area contributed by atoms with Gasteiger partial charge in [-0.25, -0.2) is 9.97 Å². The van der Waals surface area contributed by atoms with Crippen molar-refractivity contribution in [2.45, 2.75) is 52.7 Å². The summed E-state index contributed by atoms with van der Waals surface area (Å²) < 4.78 is 0. The molecule has 31 heavy (non-hydrogen) atoms. The molecule has 2 aromatic heterocycles. The van der Waals surface area contributed by atoms with Crippen molar-refractivity contribution in [1.82, 2.24) is 34.6 Å². The number of hydrogen-bond donors (Lipinski definition) is 0. The van der Waals surface area contributed by atoms with E-state index >= 15 is 0 Å². The molecule has 0 amide bonds. The van der Waals surface area contributed by atoms with Gasteiger partial charge in [-0.2, -0.15) is 0 Å². The van der Waals surface area contributed by atoms with Crippen molar-refractivity contribution in [3.63, 3.8) is 0 Å². The molecule has 2 unspecified atom stereocenters. The molecule has 2 aliphatic rings. The fourth-order valence-electron chi connectivity index (χ4n) is 4.87. The second kappa shape index (κ2) is 10.6. The van der Waals surface area contributed by atoms with Gasteiger partial charge in [-0.1, -0.05) is 6.92 Å². The Morgan fingerprint density at radius 1 is 0.903 bits per heavy atom. The Kier molecular flexibility index (Phi) is 7.58. The molecule has 168 valence electrons. The van der Waals surface area contributed by atoms with Crippen LogP contribution < -0.4 is 0 Å². The Hall–Kier alpha value is -1.96. The molecule has 0 aromatic carbocycles. The predicted octanol–water partition coefficient (Wildman–Crippen LogP) is 2.49. The quantitative estimate of drug-likeness (QED) is 0.646. The molecule has 0 saturated carbocycles. The standard InChI is InChI=1S/C24H37N7/c1-19(2)31-11-9-29(10-12-31)17-23-15-25-14-22(28-23)13-20(3)21-5-8-30(16-21)18-24-26-6-4-7-27-24/h4,6-7,14-15,19-21H,5,8-13,16-18H2,1-3H3. The van der Waals surface area contributed by atoms with E-state index in [1.165, 1.54) is 6.42 Å². The Morgan fingerprint density at radius 2 is 1.65 bits per heavy atom. The molecule has 2 aromatic rings. The second-order valence-corrected chi connectivity index (χ2v) is 9.54. The third kappa shape index (κ3) is 6.28. The first kappa shape index (κ1) is 22.2. The predicted molar refractivity (Wildman–Crippen MR) is 122 cm³/mol. The zero-order chi connectivity index (χ0) is 21.6. The van der Waals surface area contributed by atoms with Crippen LogP contribution in [0.1, 0.15) is 44.4 Å².